The lowest BCUT2D eigenvalue weighted by atomic mass is 9.70. The van der Waals surface area contributed by atoms with Crippen molar-refractivity contribution in [1.29, 1.82) is 0 Å². The molecule has 0 amide bonds. The Balaban J connectivity index is 1.92. The number of benzene rings is 1. The van der Waals surface area contributed by atoms with Gasteiger partial charge in [0.25, 0.3) is 0 Å². The molecule has 20 heavy (non-hydrogen) atoms. The average molecular weight is 400 g/mol. The molecule has 0 aliphatic heterocycles. The topological polar surface area (TPSA) is 22.1 Å². The molecule has 0 saturated heterocycles. The summed E-state index contributed by atoms with van der Waals surface area (Å²) in [6.07, 6.45) is 3.10. The number of fused-ring (bicyclic) bond motifs is 1. The third-order valence-electron chi connectivity index (χ3n) is 4.16. The maximum absolute atomic E-state index is 5.99. The Morgan fingerprint density at radius 2 is 1.95 bits per heavy atom. The van der Waals surface area contributed by atoms with Crippen molar-refractivity contribution in [2.24, 2.45) is 0 Å². The van der Waals surface area contributed by atoms with E-state index in [1.807, 2.05) is 41.2 Å². The molecule has 0 fully saturated rings. The first-order valence-electron chi connectivity index (χ1n) is 6.64. The number of hydrogen-bond donors (Lipinski definition) is 0. The van der Waals surface area contributed by atoms with Crippen molar-refractivity contribution >= 4 is 34.6 Å². The minimum absolute atomic E-state index is 0.159. The van der Waals surface area contributed by atoms with Crippen molar-refractivity contribution in [2.45, 2.75) is 31.6 Å². The highest BCUT2D eigenvalue weighted by Crippen LogP contribution is 2.38. The van der Waals surface area contributed by atoms with Gasteiger partial charge in [-0.3, -0.25) is 0 Å². The van der Waals surface area contributed by atoms with Gasteiger partial charge in [0.05, 0.1) is 0 Å². The summed E-state index contributed by atoms with van der Waals surface area (Å²) >= 11 is 7.86. The van der Waals surface area contributed by atoms with E-state index in [1.165, 1.54) is 16.8 Å². The van der Waals surface area contributed by atoms with Crippen molar-refractivity contribution in [3.8, 4) is 5.88 Å². The lowest BCUT2D eigenvalue weighted by Crippen LogP contribution is -2.30. The summed E-state index contributed by atoms with van der Waals surface area (Å²) in [6, 6.07) is 12.3. The largest absolute Gasteiger partial charge is 0.408 e. The summed E-state index contributed by atoms with van der Waals surface area (Å²) in [5.41, 5.74) is 4.00. The summed E-state index contributed by atoms with van der Waals surface area (Å²) in [7, 11) is 0. The summed E-state index contributed by atoms with van der Waals surface area (Å²) < 4.78 is 5.17. The second-order valence-corrected chi connectivity index (χ2v) is 6.45. The Bertz CT molecular complexity index is 629. The number of aryl methyl sites for hydroxylation is 1. The van der Waals surface area contributed by atoms with Gasteiger partial charge in [-0.25, -0.2) is 4.98 Å². The van der Waals surface area contributed by atoms with E-state index in [2.05, 4.69) is 30.1 Å². The zero-order chi connectivity index (χ0) is 14.2. The molecule has 0 bridgehead atoms. The molecular formula is C16H15ClINO. The molecule has 0 radical (unpaired) electrons. The van der Waals surface area contributed by atoms with Crippen LogP contribution in [0.3, 0.4) is 0 Å². The fourth-order valence-electron chi connectivity index (χ4n) is 2.93. The fraction of sp³-hybridized carbons (Fsp3) is 0.312. The Morgan fingerprint density at radius 1 is 1.20 bits per heavy atom. The first-order chi connectivity index (χ1) is 9.60. The van der Waals surface area contributed by atoms with Crippen molar-refractivity contribution < 1.29 is 3.07 Å². The minimum atomic E-state index is 0.159. The number of nitrogens with zero attached hydrogens (tertiary/aromatic N) is 1. The molecule has 1 aliphatic carbocycles. The van der Waals surface area contributed by atoms with E-state index in [9.17, 15) is 0 Å². The molecule has 0 N–H and O–H groups in total. The average Bonchev–Trinajstić information content (AvgIpc) is 2.47. The van der Waals surface area contributed by atoms with Crippen LogP contribution in [0.5, 0.6) is 5.88 Å². The first-order valence-corrected chi connectivity index (χ1v) is 7.90. The molecule has 0 spiro atoms. The summed E-state index contributed by atoms with van der Waals surface area (Å²) in [5, 5.41) is 0.791. The molecule has 1 aliphatic rings. The quantitative estimate of drug-likeness (QED) is 0.669. The molecule has 1 aromatic heterocycles. The van der Waals surface area contributed by atoms with E-state index in [1.54, 1.807) is 0 Å². The van der Waals surface area contributed by atoms with Crippen molar-refractivity contribution in [3.05, 3.63) is 58.2 Å². The zero-order valence-electron chi connectivity index (χ0n) is 11.2. The van der Waals surface area contributed by atoms with Crippen molar-refractivity contribution in [3.63, 3.8) is 0 Å². The van der Waals surface area contributed by atoms with Gasteiger partial charge in [0.1, 0.15) is 0 Å². The van der Waals surface area contributed by atoms with E-state index < -0.39 is 0 Å². The van der Waals surface area contributed by atoms with Crippen LogP contribution in [0.25, 0.3) is 0 Å². The smallest absolute Gasteiger partial charge is 0.224 e. The molecule has 104 valence electrons. The van der Waals surface area contributed by atoms with Gasteiger partial charge in [-0.2, -0.15) is 0 Å². The molecule has 0 saturated carbocycles. The van der Waals surface area contributed by atoms with E-state index in [0.717, 1.165) is 24.3 Å². The molecular weight excluding hydrogens is 385 g/mol. The van der Waals surface area contributed by atoms with E-state index in [0.29, 0.717) is 5.88 Å². The second kappa shape index (κ2) is 5.53. The molecule has 2 nitrogen and oxygen atoms in total. The number of hydrogen-bond acceptors (Lipinski definition) is 2. The van der Waals surface area contributed by atoms with Crippen molar-refractivity contribution in [2.75, 3.05) is 0 Å². The maximum atomic E-state index is 5.99. The van der Waals surface area contributed by atoms with Crippen LogP contribution in [0.15, 0.2) is 36.4 Å². The van der Waals surface area contributed by atoms with Crippen LogP contribution >= 0.6 is 34.6 Å². The molecule has 1 aromatic carbocycles. The van der Waals surface area contributed by atoms with E-state index in [-0.39, 0.29) is 5.41 Å². The third-order valence-corrected chi connectivity index (χ3v) is 4.86. The van der Waals surface area contributed by atoms with Crippen LogP contribution in [0, 0.1) is 0 Å². The molecule has 1 heterocycles. The summed E-state index contributed by atoms with van der Waals surface area (Å²) in [5.74, 6) is 0.694. The Morgan fingerprint density at radius 3 is 2.65 bits per heavy atom. The van der Waals surface area contributed by atoms with Gasteiger partial charge in [-0.05, 0) is 47.9 Å². The number of rotatable bonds is 2. The highest BCUT2D eigenvalue weighted by atomic mass is 127. The number of pyridine rings is 1. The predicted molar refractivity (Wildman–Crippen MR) is 89.7 cm³/mol. The lowest BCUT2D eigenvalue weighted by molar-refractivity contribution is 0.402. The normalized spacial score (nSPS) is 21.4. The Kier molecular flexibility index (Phi) is 3.91. The first kappa shape index (κ1) is 14.1. The second-order valence-electron chi connectivity index (χ2n) is 5.58. The van der Waals surface area contributed by atoms with Gasteiger partial charge in [0.15, 0.2) is 23.0 Å². The third kappa shape index (κ3) is 2.66. The number of aromatic nitrogens is 1. The maximum Gasteiger partial charge on any atom is 0.224 e. The standard InChI is InChI=1S/C16H15ClINO/c1-16(12-3-5-13(17)6-4-12)9-8-14-11(10-16)2-7-15(19-14)20-18/h2-7H,8-10H2,1H3. The summed E-state index contributed by atoms with van der Waals surface area (Å²) in [6.45, 7) is 2.32. The van der Waals surface area contributed by atoms with Gasteiger partial charge in [-0.15, -0.1) is 0 Å². The van der Waals surface area contributed by atoms with Crippen LogP contribution in [0.4, 0.5) is 0 Å². The van der Waals surface area contributed by atoms with Gasteiger partial charge in [0, 0.05) is 16.8 Å². The molecule has 3 rings (SSSR count). The van der Waals surface area contributed by atoms with Gasteiger partial charge < -0.3 is 3.07 Å². The number of halogens is 2. The molecule has 1 atom stereocenters. The zero-order valence-corrected chi connectivity index (χ0v) is 14.1. The van der Waals surface area contributed by atoms with Crippen molar-refractivity contribution in [1.82, 2.24) is 4.98 Å². The minimum Gasteiger partial charge on any atom is -0.408 e. The molecule has 1 unspecified atom stereocenters. The highest BCUT2D eigenvalue weighted by molar-refractivity contribution is 14.1. The fourth-order valence-corrected chi connectivity index (χ4v) is 3.30. The SMILES string of the molecule is CC1(c2ccc(Cl)cc2)CCc2nc(OI)ccc2C1. The lowest BCUT2D eigenvalue weighted by Gasteiger charge is -2.35. The summed E-state index contributed by atoms with van der Waals surface area (Å²) in [4.78, 5) is 4.55. The van der Waals surface area contributed by atoms with E-state index in [4.69, 9.17) is 14.7 Å². The van der Waals surface area contributed by atoms with Crippen LogP contribution in [0.2, 0.25) is 5.02 Å². The van der Waals surface area contributed by atoms with E-state index >= 15 is 0 Å². The van der Waals surface area contributed by atoms with Gasteiger partial charge in [-0.1, -0.05) is 36.7 Å². The Hall–Kier alpha value is -0.810. The van der Waals surface area contributed by atoms with Crippen LogP contribution in [-0.2, 0) is 18.3 Å². The van der Waals surface area contributed by atoms with Crippen LogP contribution in [0.1, 0.15) is 30.2 Å². The predicted octanol–water partition coefficient (Wildman–Crippen LogP) is 4.91. The van der Waals surface area contributed by atoms with Crippen LogP contribution in [-0.4, -0.2) is 4.98 Å². The molecule has 4 heteroatoms. The molecule has 2 aromatic rings. The van der Waals surface area contributed by atoms with Gasteiger partial charge >= 0.3 is 0 Å². The van der Waals surface area contributed by atoms with Gasteiger partial charge in [0.2, 0.25) is 5.88 Å². The Labute approximate surface area is 138 Å². The monoisotopic (exact) mass is 399 g/mol. The van der Waals surface area contributed by atoms with Crippen LogP contribution < -0.4 is 3.07 Å². The highest BCUT2D eigenvalue weighted by Gasteiger charge is 2.32.